The van der Waals surface area contributed by atoms with Crippen molar-refractivity contribution in [2.75, 3.05) is 7.11 Å². The van der Waals surface area contributed by atoms with E-state index in [-0.39, 0.29) is 12.2 Å². The number of carbonyl (C=O) groups is 1. The predicted molar refractivity (Wildman–Crippen MR) is 35.3 cm³/mol. The van der Waals surface area contributed by atoms with Gasteiger partial charge in [0.25, 0.3) is 0 Å². The van der Waals surface area contributed by atoms with Gasteiger partial charge >= 0.3 is 0 Å². The number of aliphatic hydroxyl groups is 1. The Balaban J connectivity index is 2.65. The van der Waals surface area contributed by atoms with Crippen LogP contribution in [-0.2, 0) is 9.53 Å². The van der Waals surface area contributed by atoms with Crippen molar-refractivity contribution in [3.05, 3.63) is 11.8 Å². The molecule has 0 aliphatic heterocycles. The number of rotatable bonds is 1. The second-order valence-corrected chi connectivity index (χ2v) is 2.34. The van der Waals surface area contributed by atoms with Crippen molar-refractivity contribution in [3.8, 4) is 0 Å². The Hall–Kier alpha value is -0.830. The van der Waals surface area contributed by atoms with Gasteiger partial charge in [0.15, 0.2) is 5.78 Å². The molecule has 1 N–H and O–H groups in total. The Bertz CT molecular complexity index is 172. The summed E-state index contributed by atoms with van der Waals surface area (Å²) >= 11 is 0. The fourth-order valence-corrected chi connectivity index (χ4v) is 0.976. The molecule has 1 aliphatic rings. The molecular formula is C7H10O3. The topological polar surface area (TPSA) is 46.5 Å². The van der Waals surface area contributed by atoms with Gasteiger partial charge in [-0.25, -0.2) is 0 Å². The summed E-state index contributed by atoms with van der Waals surface area (Å²) < 4.78 is 4.81. The summed E-state index contributed by atoms with van der Waals surface area (Å²) in [5.41, 5.74) is 0. The first-order valence-corrected chi connectivity index (χ1v) is 3.18. The summed E-state index contributed by atoms with van der Waals surface area (Å²) in [6.07, 6.45) is 1.58. The van der Waals surface area contributed by atoms with Gasteiger partial charge in [0, 0.05) is 18.9 Å². The van der Waals surface area contributed by atoms with Gasteiger partial charge < -0.3 is 9.84 Å². The number of aliphatic hydroxyl groups excluding tert-OH is 1. The highest BCUT2D eigenvalue weighted by Gasteiger charge is 2.18. The number of allylic oxidation sites excluding steroid dienone is 1. The van der Waals surface area contributed by atoms with E-state index in [1.165, 1.54) is 13.2 Å². The van der Waals surface area contributed by atoms with Crippen molar-refractivity contribution in [2.24, 2.45) is 0 Å². The minimum Gasteiger partial charge on any atom is -0.501 e. The molecule has 0 aromatic rings. The maximum Gasteiger partial charge on any atom is 0.161 e. The largest absolute Gasteiger partial charge is 0.501 e. The Kier molecular flexibility index (Phi) is 2.06. The quantitative estimate of drug-likeness (QED) is 0.570. The smallest absolute Gasteiger partial charge is 0.161 e. The fraction of sp³-hybridized carbons (Fsp3) is 0.571. The maximum absolute atomic E-state index is 10.7. The first-order valence-electron chi connectivity index (χ1n) is 3.18. The minimum absolute atomic E-state index is 0.0596. The first kappa shape index (κ1) is 7.28. The normalized spacial score (nSPS) is 26.0. The van der Waals surface area contributed by atoms with E-state index >= 15 is 0 Å². The lowest BCUT2D eigenvalue weighted by atomic mass is 10.0. The Labute approximate surface area is 59.3 Å². The van der Waals surface area contributed by atoms with Crippen LogP contribution in [0, 0.1) is 0 Å². The Morgan fingerprint density at radius 3 is 2.90 bits per heavy atom. The van der Waals surface area contributed by atoms with Crippen molar-refractivity contribution < 1.29 is 14.6 Å². The van der Waals surface area contributed by atoms with E-state index < -0.39 is 6.10 Å². The second kappa shape index (κ2) is 2.84. The lowest BCUT2D eigenvalue weighted by Crippen LogP contribution is -2.18. The van der Waals surface area contributed by atoms with Crippen LogP contribution in [0.1, 0.15) is 12.8 Å². The zero-order valence-corrected chi connectivity index (χ0v) is 5.83. The summed E-state index contributed by atoms with van der Waals surface area (Å²) in [5, 5.41) is 9.04. The van der Waals surface area contributed by atoms with Gasteiger partial charge in [-0.1, -0.05) is 0 Å². The average molecular weight is 142 g/mol. The summed E-state index contributed by atoms with van der Waals surface area (Å²) in [7, 11) is 1.50. The number of carbonyl (C=O) groups excluding carboxylic acids is 1. The van der Waals surface area contributed by atoms with Crippen LogP contribution in [-0.4, -0.2) is 24.1 Å². The third-order valence-electron chi connectivity index (χ3n) is 1.46. The molecule has 0 spiro atoms. The highest BCUT2D eigenvalue weighted by molar-refractivity contribution is 5.91. The van der Waals surface area contributed by atoms with Crippen LogP contribution < -0.4 is 0 Å². The zero-order valence-electron chi connectivity index (χ0n) is 5.83. The van der Waals surface area contributed by atoms with Gasteiger partial charge in [-0.15, -0.1) is 0 Å². The average Bonchev–Trinajstić information content (AvgIpc) is 1.85. The van der Waals surface area contributed by atoms with Crippen LogP contribution in [0.5, 0.6) is 0 Å². The zero-order chi connectivity index (χ0) is 7.56. The number of ether oxygens (including phenoxy) is 1. The molecule has 0 fully saturated rings. The molecule has 0 aromatic heterocycles. The van der Waals surface area contributed by atoms with Gasteiger partial charge in [-0.2, -0.15) is 0 Å². The van der Waals surface area contributed by atoms with Gasteiger partial charge in [0.05, 0.1) is 13.2 Å². The summed E-state index contributed by atoms with van der Waals surface area (Å²) in [4.78, 5) is 10.7. The summed E-state index contributed by atoms with van der Waals surface area (Å²) in [6, 6.07) is 0. The summed E-state index contributed by atoms with van der Waals surface area (Å²) in [5.74, 6) is 0.513. The molecule has 0 bridgehead atoms. The molecule has 0 amide bonds. The SMILES string of the molecule is COC1=CC(=O)CC(O)C1. The van der Waals surface area contributed by atoms with Crippen molar-refractivity contribution in [2.45, 2.75) is 18.9 Å². The molecule has 3 nitrogen and oxygen atoms in total. The van der Waals surface area contributed by atoms with Gasteiger partial charge in [0.1, 0.15) is 5.76 Å². The maximum atomic E-state index is 10.7. The lowest BCUT2D eigenvalue weighted by Gasteiger charge is -2.15. The third kappa shape index (κ3) is 1.57. The lowest BCUT2D eigenvalue weighted by molar-refractivity contribution is -0.117. The molecule has 0 saturated heterocycles. The van der Waals surface area contributed by atoms with E-state index in [0.29, 0.717) is 12.2 Å². The van der Waals surface area contributed by atoms with E-state index in [2.05, 4.69) is 0 Å². The molecule has 10 heavy (non-hydrogen) atoms. The van der Waals surface area contributed by atoms with E-state index in [1.54, 1.807) is 0 Å². The molecule has 1 atom stereocenters. The Morgan fingerprint density at radius 1 is 1.70 bits per heavy atom. The molecule has 56 valence electrons. The third-order valence-corrected chi connectivity index (χ3v) is 1.46. The number of hydrogen-bond donors (Lipinski definition) is 1. The predicted octanol–water partition coefficient (Wildman–Crippen LogP) is 0.240. The highest BCUT2D eigenvalue weighted by atomic mass is 16.5. The van der Waals surface area contributed by atoms with E-state index in [0.717, 1.165) is 0 Å². The van der Waals surface area contributed by atoms with Gasteiger partial charge in [0.2, 0.25) is 0 Å². The van der Waals surface area contributed by atoms with Crippen LogP contribution in [0.4, 0.5) is 0 Å². The molecular weight excluding hydrogens is 132 g/mol. The van der Waals surface area contributed by atoms with Gasteiger partial charge in [-0.05, 0) is 0 Å². The first-order chi connectivity index (χ1) is 4.72. The van der Waals surface area contributed by atoms with Crippen molar-refractivity contribution >= 4 is 5.78 Å². The van der Waals surface area contributed by atoms with E-state index in [1.807, 2.05) is 0 Å². The van der Waals surface area contributed by atoms with E-state index in [4.69, 9.17) is 9.84 Å². The highest BCUT2D eigenvalue weighted by Crippen LogP contribution is 2.15. The summed E-state index contributed by atoms with van der Waals surface area (Å²) in [6.45, 7) is 0. The molecule has 3 heteroatoms. The molecule has 0 saturated carbocycles. The number of ketones is 1. The molecule has 0 aromatic carbocycles. The van der Waals surface area contributed by atoms with E-state index in [9.17, 15) is 4.79 Å². The minimum atomic E-state index is -0.549. The number of hydrogen-bond acceptors (Lipinski definition) is 3. The monoisotopic (exact) mass is 142 g/mol. The molecule has 1 rings (SSSR count). The Morgan fingerprint density at radius 2 is 2.40 bits per heavy atom. The van der Waals surface area contributed by atoms with Crippen LogP contribution in [0.3, 0.4) is 0 Å². The van der Waals surface area contributed by atoms with Gasteiger partial charge in [-0.3, -0.25) is 4.79 Å². The molecule has 1 unspecified atom stereocenters. The number of methoxy groups -OCH3 is 1. The van der Waals surface area contributed by atoms with Crippen molar-refractivity contribution in [3.63, 3.8) is 0 Å². The molecule has 1 aliphatic carbocycles. The van der Waals surface area contributed by atoms with Crippen LogP contribution in [0.15, 0.2) is 11.8 Å². The molecule has 0 heterocycles. The van der Waals surface area contributed by atoms with Crippen LogP contribution in [0.2, 0.25) is 0 Å². The van der Waals surface area contributed by atoms with Crippen LogP contribution >= 0.6 is 0 Å². The van der Waals surface area contributed by atoms with Crippen molar-refractivity contribution in [1.29, 1.82) is 0 Å². The fourth-order valence-electron chi connectivity index (χ4n) is 0.976. The van der Waals surface area contributed by atoms with Crippen molar-refractivity contribution in [1.82, 2.24) is 0 Å². The molecule has 0 radical (unpaired) electrons. The van der Waals surface area contributed by atoms with Crippen LogP contribution in [0.25, 0.3) is 0 Å². The second-order valence-electron chi connectivity index (χ2n) is 2.34. The standard InChI is InChI=1S/C7H10O3/c1-10-7-3-5(8)2-6(9)4-7/h3,6,9H,2,4H2,1H3.